The first-order valence-corrected chi connectivity index (χ1v) is 9.73. The van der Waals surface area contributed by atoms with Gasteiger partial charge in [-0.15, -0.1) is 0 Å². The Kier molecular flexibility index (Phi) is 15.1. The summed E-state index contributed by atoms with van der Waals surface area (Å²) >= 11 is 0. The van der Waals surface area contributed by atoms with E-state index < -0.39 is 18.0 Å². The number of aliphatic carboxylic acids is 1. The summed E-state index contributed by atoms with van der Waals surface area (Å²) in [5.41, 5.74) is 0. The van der Waals surface area contributed by atoms with E-state index in [1.807, 2.05) is 7.05 Å². The van der Waals surface area contributed by atoms with Gasteiger partial charge < -0.3 is 15.5 Å². The lowest BCUT2D eigenvalue weighted by atomic mass is 9.89. The molecule has 3 unspecified atom stereocenters. The largest absolute Gasteiger partial charge is 0.481 e. The van der Waals surface area contributed by atoms with Gasteiger partial charge in [0.2, 0.25) is 0 Å². The van der Waals surface area contributed by atoms with Gasteiger partial charge in [0, 0.05) is 0 Å². The van der Waals surface area contributed by atoms with Crippen LogP contribution in [0.3, 0.4) is 0 Å². The molecule has 24 heavy (non-hydrogen) atoms. The molecule has 0 aliphatic carbocycles. The number of carboxylic acid groups (broad SMARTS) is 1. The molecule has 0 aromatic rings. The van der Waals surface area contributed by atoms with Crippen LogP contribution in [0.5, 0.6) is 0 Å². The van der Waals surface area contributed by atoms with Crippen molar-refractivity contribution >= 4 is 5.97 Å². The highest BCUT2D eigenvalue weighted by atomic mass is 16.4. The highest BCUT2D eigenvalue weighted by Gasteiger charge is 2.23. The van der Waals surface area contributed by atoms with Crippen molar-refractivity contribution in [1.29, 1.82) is 0 Å². The molecule has 3 N–H and O–H groups in total. The molecule has 0 saturated heterocycles. The Morgan fingerprint density at radius 2 is 1.71 bits per heavy atom. The summed E-state index contributed by atoms with van der Waals surface area (Å²) in [7, 11) is 1.94. The Bertz CT molecular complexity index is 329. The van der Waals surface area contributed by atoms with Crippen molar-refractivity contribution in [3.8, 4) is 0 Å². The quantitative estimate of drug-likeness (QED) is 0.288. The molecule has 0 rings (SSSR count). The lowest BCUT2D eigenvalue weighted by Gasteiger charge is -2.20. The maximum atomic E-state index is 11.2. The van der Waals surface area contributed by atoms with E-state index in [4.69, 9.17) is 5.11 Å². The maximum Gasteiger partial charge on any atom is 0.309 e. The van der Waals surface area contributed by atoms with Gasteiger partial charge in [-0.25, -0.2) is 0 Å². The molecule has 4 nitrogen and oxygen atoms in total. The fourth-order valence-electron chi connectivity index (χ4n) is 3.07. The van der Waals surface area contributed by atoms with Gasteiger partial charge in [0.15, 0.2) is 0 Å². The third-order valence-corrected chi connectivity index (χ3v) is 4.65. The number of hydrogen-bond acceptors (Lipinski definition) is 3. The van der Waals surface area contributed by atoms with Gasteiger partial charge in [-0.3, -0.25) is 4.79 Å². The van der Waals surface area contributed by atoms with Crippen LogP contribution in [0.25, 0.3) is 0 Å². The number of carboxylic acids is 1. The fraction of sp³-hybridized carbons (Fsp3) is 0.850. The van der Waals surface area contributed by atoms with E-state index in [1.54, 1.807) is 6.92 Å². The number of carbonyl (C=O) groups is 1. The lowest BCUT2D eigenvalue weighted by molar-refractivity contribution is -0.145. The fourth-order valence-corrected chi connectivity index (χ4v) is 3.07. The average Bonchev–Trinajstić information content (AvgIpc) is 2.52. The summed E-state index contributed by atoms with van der Waals surface area (Å²) < 4.78 is 0. The Labute approximate surface area is 148 Å². The predicted octanol–water partition coefficient (Wildman–Crippen LogP) is 4.38. The summed E-state index contributed by atoms with van der Waals surface area (Å²) in [6.07, 6.45) is 15.0. The first kappa shape index (κ1) is 23.1. The standard InChI is InChI=1S/C20H39NO3/c1-4-5-6-7-8-9-10-11-12-13-18(16-21-3)14-15-19(17(2)22)20(23)24/h9-10,17-19,21-22H,4-8,11-16H2,1-3H3,(H,23,24). The van der Waals surface area contributed by atoms with Crippen molar-refractivity contribution < 1.29 is 15.0 Å². The van der Waals surface area contributed by atoms with Crippen molar-refractivity contribution in [1.82, 2.24) is 5.32 Å². The van der Waals surface area contributed by atoms with Crippen molar-refractivity contribution in [2.75, 3.05) is 13.6 Å². The number of hydrogen-bond donors (Lipinski definition) is 3. The Morgan fingerprint density at radius 3 is 2.25 bits per heavy atom. The van der Waals surface area contributed by atoms with E-state index >= 15 is 0 Å². The monoisotopic (exact) mass is 341 g/mol. The van der Waals surface area contributed by atoms with Crippen LogP contribution >= 0.6 is 0 Å². The van der Waals surface area contributed by atoms with Crippen LogP contribution < -0.4 is 5.32 Å². The smallest absolute Gasteiger partial charge is 0.309 e. The molecular weight excluding hydrogens is 302 g/mol. The minimum absolute atomic E-state index is 0.480. The second kappa shape index (κ2) is 15.6. The zero-order valence-corrected chi connectivity index (χ0v) is 16.0. The average molecular weight is 342 g/mol. The zero-order valence-electron chi connectivity index (χ0n) is 16.0. The van der Waals surface area contributed by atoms with Gasteiger partial charge >= 0.3 is 5.97 Å². The van der Waals surface area contributed by atoms with Gasteiger partial charge in [-0.05, 0) is 71.4 Å². The molecule has 3 atom stereocenters. The second-order valence-corrected chi connectivity index (χ2v) is 6.94. The first-order valence-electron chi connectivity index (χ1n) is 9.73. The van der Waals surface area contributed by atoms with Crippen LogP contribution in [-0.2, 0) is 4.79 Å². The topological polar surface area (TPSA) is 69.6 Å². The molecule has 142 valence electrons. The molecule has 4 heteroatoms. The maximum absolute atomic E-state index is 11.2. The van der Waals surface area contributed by atoms with Crippen molar-refractivity contribution in [2.45, 2.75) is 84.2 Å². The van der Waals surface area contributed by atoms with Gasteiger partial charge in [0.05, 0.1) is 12.0 Å². The van der Waals surface area contributed by atoms with Crippen molar-refractivity contribution in [3.63, 3.8) is 0 Å². The van der Waals surface area contributed by atoms with Gasteiger partial charge in [0.25, 0.3) is 0 Å². The number of unbranched alkanes of at least 4 members (excludes halogenated alkanes) is 5. The minimum atomic E-state index is -0.890. The molecule has 0 bridgehead atoms. The predicted molar refractivity (Wildman–Crippen MR) is 101 cm³/mol. The molecule has 0 aromatic carbocycles. The van der Waals surface area contributed by atoms with Crippen LogP contribution in [0, 0.1) is 11.8 Å². The van der Waals surface area contributed by atoms with E-state index in [0.717, 1.165) is 32.2 Å². The normalized spacial score (nSPS) is 15.5. The summed E-state index contributed by atoms with van der Waals surface area (Å²) in [6, 6.07) is 0. The van der Waals surface area contributed by atoms with Gasteiger partial charge in [0.1, 0.15) is 0 Å². The molecule has 0 aromatic heterocycles. The third-order valence-electron chi connectivity index (χ3n) is 4.65. The number of nitrogens with one attached hydrogen (secondary N) is 1. The first-order chi connectivity index (χ1) is 11.5. The Hall–Kier alpha value is -0.870. The van der Waals surface area contributed by atoms with Crippen molar-refractivity contribution in [2.24, 2.45) is 11.8 Å². The molecule has 0 radical (unpaired) electrons. The number of aliphatic hydroxyl groups excluding tert-OH is 1. The number of allylic oxidation sites excluding steroid dienone is 2. The molecule has 0 fully saturated rings. The summed E-state index contributed by atoms with van der Waals surface area (Å²) in [5.74, 6) is -1.06. The van der Waals surface area contributed by atoms with Crippen LogP contribution in [0.2, 0.25) is 0 Å². The minimum Gasteiger partial charge on any atom is -0.481 e. The third kappa shape index (κ3) is 12.5. The molecule has 0 aliphatic rings. The van der Waals surface area contributed by atoms with Gasteiger partial charge in [-0.2, -0.15) is 0 Å². The van der Waals surface area contributed by atoms with Crippen LogP contribution in [0.4, 0.5) is 0 Å². The highest BCUT2D eigenvalue weighted by Crippen LogP contribution is 2.20. The molecule has 0 spiro atoms. The van der Waals surface area contributed by atoms with E-state index in [1.165, 1.54) is 32.1 Å². The van der Waals surface area contributed by atoms with Crippen LogP contribution in [0.15, 0.2) is 12.2 Å². The summed E-state index contributed by atoms with van der Waals surface area (Å²) in [5, 5.41) is 21.9. The summed E-state index contributed by atoms with van der Waals surface area (Å²) in [4.78, 5) is 11.2. The molecule has 0 aliphatic heterocycles. The number of aliphatic hydroxyl groups is 1. The van der Waals surface area contributed by atoms with E-state index in [0.29, 0.717) is 12.3 Å². The highest BCUT2D eigenvalue weighted by molar-refractivity contribution is 5.70. The Balaban J connectivity index is 3.95. The van der Waals surface area contributed by atoms with E-state index in [2.05, 4.69) is 24.4 Å². The van der Waals surface area contributed by atoms with Crippen LogP contribution in [-0.4, -0.2) is 35.9 Å². The van der Waals surface area contributed by atoms with Gasteiger partial charge in [-0.1, -0.05) is 38.3 Å². The SMILES string of the molecule is CCCCCCC=CCCCC(CCC(C(=O)O)C(C)O)CNC. The molecular formula is C20H39NO3. The summed E-state index contributed by atoms with van der Waals surface area (Å²) in [6.45, 7) is 4.71. The lowest BCUT2D eigenvalue weighted by Crippen LogP contribution is -2.27. The van der Waals surface area contributed by atoms with Crippen molar-refractivity contribution in [3.05, 3.63) is 12.2 Å². The van der Waals surface area contributed by atoms with Crippen LogP contribution in [0.1, 0.15) is 78.1 Å². The zero-order chi connectivity index (χ0) is 18.2. The molecule has 0 saturated carbocycles. The second-order valence-electron chi connectivity index (χ2n) is 6.94. The molecule has 0 amide bonds. The van der Waals surface area contributed by atoms with E-state index in [9.17, 15) is 9.90 Å². The molecule has 0 heterocycles. The van der Waals surface area contributed by atoms with E-state index in [-0.39, 0.29) is 0 Å². The Morgan fingerprint density at radius 1 is 1.04 bits per heavy atom. The number of rotatable bonds is 16.